The molecule has 0 aromatic heterocycles. The molecule has 5 rings (SSSR count). The number of ether oxygens (including phenoxy) is 4. The van der Waals surface area contributed by atoms with Crippen LogP contribution in [-0.4, -0.2) is 38.1 Å². The van der Waals surface area contributed by atoms with E-state index in [0.717, 1.165) is 41.7 Å². The van der Waals surface area contributed by atoms with Crippen molar-refractivity contribution in [3.8, 4) is 23.0 Å². The van der Waals surface area contributed by atoms with E-state index in [9.17, 15) is 0 Å². The first-order chi connectivity index (χ1) is 13.2. The number of hydrogen-bond donors (Lipinski definition) is 0. The molecule has 27 heavy (non-hydrogen) atoms. The van der Waals surface area contributed by atoms with Crippen molar-refractivity contribution in [3.05, 3.63) is 47.5 Å². The Morgan fingerprint density at radius 1 is 1.00 bits per heavy atom. The van der Waals surface area contributed by atoms with Gasteiger partial charge in [0.25, 0.3) is 0 Å². The Labute approximate surface area is 159 Å². The molecular formula is C22H25NO4. The molecular weight excluding hydrogens is 342 g/mol. The maximum atomic E-state index is 6.52. The summed E-state index contributed by atoms with van der Waals surface area (Å²) in [7, 11) is 1.71. The van der Waals surface area contributed by atoms with Crippen molar-refractivity contribution in [2.75, 3.05) is 27.0 Å². The third kappa shape index (κ3) is 2.81. The summed E-state index contributed by atoms with van der Waals surface area (Å²) in [6.45, 7) is 4.76. The number of nitrogens with zero attached hydrogens (tertiary/aromatic N) is 1. The molecule has 0 aliphatic carbocycles. The van der Waals surface area contributed by atoms with E-state index < -0.39 is 0 Å². The van der Waals surface area contributed by atoms with E-state index in [1.54, 1.807) is 7.11 Å². The first-order valence-electron chi connectivity index (χ1n) is 9.73. The van der Waals surface area contributed by atoms with Gasteiger partial charge in [0.15, 0.2) is 17.7 Å². The molecule has 0 saturated carbocycles. The Kier molecular flexibility index (Phi) is 4.12. The van der Waals surface area contributed by atoms with E-state index in [4.69, 9.17) is 18.9 Å². The standard InChI is InChI=1S/C22H25NO4/c1-14-21(15-6-5-7-16(10-15)24-2)17-11-19-20(26-13-25-19)12-18(17)27-22(14)23-8-3-4-9-23/h5-7,10-12,14,21-22H,3-4,8-9,13H2,1-2H3/t14-,21+,22-/m1/s1. The van der Waals surface area contributed by atoms with Gasteiger partial charge in [-0.1, -0.05) is 19.1 Å². The highest BCUT2D eigenvalue weighted by Crippen LogP contribution is 2.50. The molecule has 1 fully saturated rings. The fourth-order valence-corrected chi connectivity index (χ4v) is 4.69. The van der Waals surface area contributed by atoms with Gasteiger partial charge in [-0.15, -0.1) is 0 Å². The molecule has 3 aliphatic rings. The van der Waals surface area contributed by atoms with E-state index in [-0.39, 0.29) is 18.9 Å². The summed E-state index contributed by atoms with van der Waals surface area (Å²) in [5.41, 5.74) is 2.41. The van der Waals surface area contributed by atoms with Crippen LogP contribution in [0.2, 0.25) is 0 Å². The van der Waals surface area contributed by atoms with Crippen molar-refractivity contribution in [1.82, 2.24) is 4.90 Å². The fraction of sp³-hybridized carbons (Fsp3) is 0.455. The van der Waals surface area contributed by atoms with Crippen molar-refractivity contribution in [2.45, 2.75) is 31.9 Å². The average molecular weight is 367 g/mol. The van der Waals surface area contributed by atoms with Crippen LogP contribution in [0.25, 0.3) is 0 Å². The molecule has 2 aromatic rings. The molecule has 0 N–H and O–H groups in total. The van der Waals surface area contributed by atoms with Crippen molar-refractivity contribution in [3.63, 3.8) is 0 Å². The summed E-state index contributed by atoms with van der Waals surface area (Å²) < 4.78 is 23.2. The largest absolute Gasteiger partial charge is 0.497 e. The summed E-state index contributed by atoms with van der Waals surface area (Å²) in [6, 6.07) is 12.5. The minimum atomic E-state index is 0.0663. The van der Waals surface area contributed by atoms with Gasteiger partial charge in [0.1, 0.15) is 11.5 Å². The van der Waals surface area contributed by atoms with Crippen molar-refractivity contribution >= 4 is 0 Å². The van der Waals surface area contributed by atoms with Crippen molar-refractivity contribution < 1.29 is 18.9 Å². The maximum absolute atomic E-state index is 6.52. The van der Waals surface area contributed by atoms with Gasteiger partial charge in [0, 0.05) is 36.6 Å². The van der Waals surface area contributed by atoms with Crippen molar-refractivity contribution in [2.24, 2.45) is 5.92 Å². The number of benzene rings is 2. The lowest BCUT2D eigenvalue weighted by atomic mass is 9.78. The van der Waals surface area contributed by atoms with E-state index in [1.165, 1.54) is 18.4 Å². The van der Waals surface area contributed by atoms with Crippen molar-refractivity contribution in [1.29, 1.82) is 0 Å². The highest BCUT2D eigenvalue weighted by Gasteiger charge is 2.41. The molecule has 5 nitrogen and oxygen atoms in total. The van der Waals surface area contributed by atoms with Gasteiger partial charge in [0.05, 0.1) is 7.11 Å². The number of fused-ring (bicyclic) bond motifs is 2. The molecule has 0 amide bonds. The Morgan fingerprint density at radius 3 is 2.56 bits per heavy atom. The summed E-state index contributed by atoms with van der Waals surface area (Å²) in [5, 5.41) is 0. The molecule has 0 radical (unpaired) electrons. The quantitative estimate of drug-likeness (QED) is 0.820. The van der Waals surface area contributed by atoms with Crippen LogP contribution in [0.5, 0.6) is 23.0 Å². The van der Waals surface area contributed by atoms with Gasteiger partial charge in [-0.05, 0) is 36.6 Å². The van der Waals surface area contributed by atoms with Crippen LogP contribution in [0.1, 0.15) is 36.8 Å². The zero-order valence-electron chi connectivity index (χ0n) is 15.8. The van der Waals surface area contributed by atoms with Crippen LogP contribution in [-0.2, 0) is 0 Å². The van der Waals surface area contributed by atoms with Gasteiger partial charge in [-0.2, -0.15) is 0 Å². The number of methoxy groups -OCH3 is 1. The van der Waals surface area contributed by atoms with E-state index in [2.05, 4.69) is 36.1 Å². The zero-order valence-corrected chi connectivity index (χ0v) is 15.8. The van der Waals surface area contributed by atoms with Crippen LogP contribution in [0.4, 0.5) is 0 Å². The third-order valence-corrected chi connectivity index (χ3v) is 6.02. The van der Waals surface area contributed by atoms with E-state index >= 15 is 0 Å². The monoisotopic (exact) mass is 367 g/mol. The van der Waals surface area contributed by atoms with Crippen LogP contribution in [0.15, 0.2) is 36.4 Å². The molecule has 0 unspecified atom stereocenters. The lowest BCUT2D eigenvalue weighted by molar-refractivity contribution is -0.0178. The van der Waals surface area contributed by atoms with Crippen LogP contribution < -0.4 is 18.9 Å². The SMILES string of the molecule is COc1cccc([C@H]2c3cc4c(cc3O[C@@H](N3CCCC3)[C@@H]2C)OCO4)c1. The molecule has 3 aliphatic heterocycles. The Bertz CT molecular complexity index is 846. The number of rotatable bonds is 3. The van der Waals surface area contributed by atoms with Gasteiger partial charge >= 0.3 is 0 Å². The molecule has 0 spiro atoms. The highest BCUT2D eigenvalue weighted by atomic mass is 16.7. The highest BCUT2D eigenvalue weighted by molar-refractivity contribution is 5.56. The second kappa shape index (κ2) is 6.64. The molecule has 0 bridgehead atoms. The summed E-state index contributed by atoms with van der Waals surface area (Å²) in [5.74, 6) is 3.88. The maximum Gasteiger partial charge on any atom is 0.231 e. The third-order valence-electron chi connectivity index (χ3n) is 6.02. The van der Waals surface area contributed by atoms with Gasteiger partial charge in [-0.3, -0.25) is 4.90 Å². The predicted molar refractivity (Wildman–Crippen MR) is 102 cm³/mol. The van der Waals surface area contributed by atoms with Gasteiger partial charge < -0.3 is 18.9 Å². The van der Waals surface area contributed by atoms with Crippen LogP contribution in [0.3, 0.4) is 0 Å². The van der Waals surface area contributed by atoms with Gasteiger partial charge in [0.2, 0.25) is 6.79 Å². The van der Waals surface area contributed by atoms with Crippen LogP contribution in [0, 0.1) is 5.92 Å². The number of likely N-dealkylation sites (tertiary alicyclic amines) is 1. The summed E-state index contributed by atoms with van der Waals surface area (Å²) >= 11 is 0. The minimum absolute atomic E-state index is 0.0663. The average Bonchev–Trinajstić information content (AvgIpc) is 3.37. The molecule has 2 aromatic carbocycles. The molecule has 5 heteroatoms. The van der Waals surface area contributed by atoms with E-state index in [0.29, 0.717) is 5.92 Å². The van der Waals surface area contributed by atoms with Crippen LogP contribution >= 0.6 is 0 Å². The second-order valence-corrected chi connectivity index (χ2v) is 7.61. The molecule has 3 heterocycles. The minimum Gasteiger partial charge on any atom is -0.497 e. The zero-order chi connectivity index (χ0) is 18.4. The first kappa shape index (κ1) is 16.8. The smallest absolute Gasteiger partial charge is 0.231 e. The summed E-state index contributed by atoms with van der Waals surface area (Å²) in [6.07, 6.45) is 2.55. The predicted octanol–water partition coefficient (Wildman–Crippen LogP) is 4.01. The molecule has 142 valence electrons. The second-order valence-electron chi connectivity index (χ2n) is 7.61. The first-order valence-corrected chi connectivity index (χ1v) is 9.73. The molecule has 1 saturated heterocycles. The number of hydrogen-bond acceptors (Lipinski definition) is 5. The van der Waals surface area contributed by atoms with Gasteiger partial charge in [-0.25, -0.2) is 0 Å². The lowest BCUT2D eigenvalue weighted by Gasteiger charge is -2.42. The Hall–Kier alpha value is -2.40. The topological polar surface area (TPSA) is 40.2 Å². The summed E-state index contributed by atoms with van der Waals surface area (Å²) in [4.78, 5) is 2.48. The Morgan fingerprint density at radius 2 is 1.78 bits per heavy atom. The molecule has 3 atom stereocenters. The normalized spacial score (nSPS) is 26.5. The van der Waals surface area contributed by atoms with E-state index in [1.807, 2.05) is 12.1 Å². The fourth-order valence-electron chi connectivity index (χ4n) is 4.69. The Balaban J connectivity index is 1.62. The lowest BCUT2D eigenvalue weighted by Crippen LogP contribution is -2.46.